The van der Waals surface area contributed by atoms with Crippen LogP contribution >= 0.6 is 7.26 Å². The smallest absolute Gasteiger partial charge is 0.193 e. The monoisotopic (exact) mass is 483 g/mol. The van der Waals surface area contributed by atoms with E-state index in [2.05, 4.69) is 81.1 Å². The summed E-state index contributed by atoms with van der Waals surface area (Å²) in [6, 6.07) is 0. The van der Waals surface area contributed by atoms with Gasteiger partial charge in [-0.3, -0.25) is 0 Å². The third kappa shape index (κ3) is 11.5. The standard InChI is InChI=1S/C29H60OPSi/c1-12-16-20-26(5)28(30-32(10,11)29(7,8)9)27(6)21-25-31(22-17-13-2,23-18-14-3)24-19-15-4/h21,28H,5,12-20,22-25H2,1-4,6-11H3/q+1/b27-21+/t28-/m0/s1. The maximum atomic E-state index is 7.02. The largest absolute Gasteiger partial charge is 0.407 e. The van der Waals surface area contributed by atoms with Gasteiger partial charge in [0.05, 0.1) is 30.8 Å². The zero-order valence-electron chi connectivity index (χ0n) is 23.9. The van der Waals surface area contributed by atoms with Crippen molar-refractivity contribution in [1.29, 1.82) is 0 Å². The van der Waals surface area contributed by atoms with Crippen LogP contribution in [0.25, 0.3) is 0 Å². The first-order chi connectivity index (χ1) is 14.9. The van der Waals surface area contributed by atoms with Gasteiger partial charge in [0.2, 0.25) is 0 Å². The SMILES string of the molecule is C=C(CCCC)[C@H](O[Si](C)(C)C(C)(C)C)/C(C)=C/C[P+](CCCC)(CCCC)CCCC. The van der Waals surface area contributed by atoms with Crippen molar-refractivity contribution in [3.63, 3.8) is 0 Å². The Morgan fingerprint density at radius 3 is 1.69 bits per heavy atom. The van der Waals surface area contributed by atoms with Crippen LogP contribution in [0.15, 0.2) is 23.8 Å². The highest BCUT2D eigenvalue weighted by atomic mass is 31.2. The molecule has 0 heterocycles. The molecule has 0 aromatic rings. The number of unbranched alkanes of at least 4 members (excludes halogenated alkanes) is 4. The second-order valence-corrected chi connectivity index (χ2v) is 20.9. The van der Waals surface area contributed by atoms with E-state index in [4.69, 9.17) is 4.43 Å². The number of hydrogen-bond donors (Lipinski definition) is 0. The average Bonchev–Trinajstić information content (AvgIpc) is 2.73. The molecule has 0 spiro atoms. The molecule has 0 aliphatic heterocycles. The molecule has 32 heavy (non-hydrogen) atoms. The predicted molar refractivity (Wildman–Crippen MR) is 156 cm³/mol. The van der Waals surface area contributed by atoms with Crippen LogP contribution in [-0.4, -0.2) is 39.1 Å². The van der Waals surface area contributed by atoms with E-state index in [0.29, 0.717) is 0 Å². The quantitative estimate of drug-likeness (QED) is 0.107. The molecule has 1 nitrogen and oxygen atoms in total. The van der Waals surface area contributed by atoms with Crippen molar-refractivity contribution in [2.45, 2.75) is 137 Å². The van der Waals surface area contributed by atoms with Crippen molar-refractivity contribution >= 4 is 15.6 Å². The van der Waals surface area contributed by atoms with Crippen LogP contribution in [0.2, 0.25) is 18.1 Å². The first-order valence-corrected chi connectivity index (χ1v) is 19.2. The van der Waals surface area contributed by atoms with Gasteiger partial charge < -0.3 is 4.43 Å². The van der Waals surface area contributed by atoms with Crippen molar-refractivity contribution in [3.05, 3.63) is 23.8 Å². The minimum atomic E-state index is -1.86. The molecular formula is C29H60OPSi+. The number of allylic oxidation sites excluding steroid dienone is 1. The summed E-state index contributed by atoms with van der Waals surface area (Å²) in [5.41, 5.74) is 2.73. The maximum Gasteiger partial charge on any atom is 0.193 e. The molecule has 190 valence electrons. The molecule has 0 radical (unpaired) electrons. The Labute approximate surface area is 205 Å². The minimum Gasteiger partial charge on any atom is -0.407 e. The van der Waals surface area contributed by atoms with E-state index in [1.165, 1.54) is 87.2 Å². The highest BCUT2D eigenvalue weighted by Gasteiger charge is 2.40. The van der Waals surface area contributed by atoms with Gasteiger partial charge >= 0.3 is 0 Å². The van der Waals surface area contributed by atoms with Gasteiger partial charge in [0.15, 0.2) is 8.32 Å². The molecule has 0 fully saturated rings. The fraction of sp³-hybridized carbons (Fsp3) is 0.862. The second-order valence-electron chi connectivity index (χ2n) is 11.7. The Kier molecular flexibility index (Phi) is 15.9. The number of rotatable bonds is 18. The average molecular weight is 484 g/mol. The second kappa shape index (κ2) is 15.9. The Bertz CT molecular complexity index is 522. The lowest BCUT2D eigenvalue weighted by atomic mass is 9.99. The predicted octanol–water partition coefficient (Wildman–Crippen LogP) is 10.5. The van der Waals surface area contributed by atoms with E-state index in [1.807, 2.05) is 0 Å². The van der Waals surface area contributed by atoms with Crippen molar-refractivity contribution < 1.29 is 4.43 Å². The molecule has 0 saturated carbocycles. The lowest BCUT2D eigenvalue weighted by Crippen LogP contribution is -2.44. The number of hydrogen-bond acceptors (Lipinski definition) is 1. The van der Waals surface area contributed by atoms with Crippen molar-refractivity contribution in [2.75, 3.05) is 24.6 Å². The fourth-order valence-corrected chi connectivity index (χ4v) is 10.2. The van der Waals surface area contributed by atoms with Crippen LogP contribution in [0, 0.1) is 0 Å². The Balaban J connectivity index is 5.88. The Morgan fingerprint density at radius 1 is 0.875 bits per heavy atom. The highest BCUT2D eigenvalue weighted by molar-refractivity contribution is 7.76. The normalized spacial score (nSPS) is 14.6. The van der Waals surface area contributed by atoms with Gasteiger partial charge in [-0.25, -0.2) is 0 Å². The molecule has 0 aliphatic carbocycles. The van der Waals surface area contributed by atoms with Gasteiger partial charge in [-0.15, -0.1) is 0 Å². The molecule has 3 heteroatoms. The van der Waals surface area contributed by atoms with E-state index in [1.54, 1.807) is 0 Å². The molecule has 0 unspecified atom stereocenters. The molecule has 0 aromatic carbocycles. The summed E-state index contributed by atoms with van der Waals surface area (Å²) in [6.45, 7) is 28.0. The Hall–Kier alpha value is 0.0869. The minimum absolute atomic E-state index is 0.105. The topological polar surface area (TPSA) is 9.23 Å². The van der Waals surface area contributed by atoms with Crippen LogP contribution in [0.1, 0.15) is 113 Å². The molecule has 0 rings (SSSR count). The third-order valence-corrected chi connectivity index (χ3v) is 16.8. The van der Waals surface area contributed by atoms with E-state index in [-0.39, 0.29) is 11.1 Å². The summed E-state index contributed by atoms with van der Waals surface area (Å²) in [6.07, 6.45) is 20.2. The zero-order valence-corrected chi connectivity index (χ0v) is 25.8. The van der Waals surface area contributed by atoms with E-state index >= 15 is 0 Å². The van der Waals surface area contributed by atoms with Crippen LogP contribution < -0.4 is 0 Å². The van der Waals surface area contributed by atoms with Crippen LogP contribution in [-0.2, 0) is 4.43 Å². The highest BCUT2D eigenvalue weighted by Crippen LogP contribution is 2.61. The molecule has 0 aromatic heterocycles. The summed E-state index contributed by atoms with van der Waals surface area (Å²) in [7, 11) is -2.79. The van der Waals surface area contributed by atoms with E-state index in [0.717, 1.165) is 6.42 Å². The summed E-state index contributed by atoms with van der Waals surface area (Å²) < 4.78 is 7.02. The maximum absolute atomic E-state index is 7.02. The van der Waals surface area contributed by atoms with Gasteiger partial charge in [-0.1, -0.05) is 80.7 Å². The summed E-state index contributed by atoms with van der Waals surface area (Å²) in [5, 5.41) is 0.219. The molecule has 0 amide bonds. The third-order valence-electron chi connectivity index (χ3n) is 7.61. The summed E-state index contributed by atoms with van der Waals surface area (Å²) in [5.74, 6) is 0. The summed E-state index contributed by atoms with van der Waals surface area (Å²) in [4.78, 5) is 0. The van der Waals surface area contributed by atoms with Crippen LogP contribution in [0.5, 0.6) is 0 Å². The van der Waals surface area contributed by atoms with Crippen LogP contribution in [0.4, 0.5) is 0 Å². The molecular weight excluding hydrogens is 423 g/mol. The molecule has 0 N–H and O–H groups in total. The molecule has 0 aliphatic rings. The summed E-state index contributed by atoms with van der Waals surface area (Å²) >= 11 is 0. The molecule has 0 saturated heterocycles. The van der Waals surface area contributed by atoms with E-state index in [9.17, 15) is 0 Å². The Morgan fingerprint density at radius 2 is 1.31 bits per heavy atom. The van der Waals surface area contributed by atoms with Crippen LogP contribution in [0.3, 0.4) is 0 Å². The van der Waals surface area contributed by atoms with Gasteiger partial charge in [-0.2, -0.15) is 0 Å². The molecule has 0 bridgehead atoms. The van der Waals surface area contributed by atoms with Gasteiger partial charge in [-0.05, 0) is 74.4 Å². The molecule has 1 atom stereocenters. The zero-order chi connectivity index (χ0) is 24.8. The van der Waals surface area contributed by atoms with E-state index < -0.39 is 15.6 Å². The van der Waals surface area contributed by atoms with Gasteiger partial charge in [0.1, 0.15) is 0 Å². The van der Waals surface area contributed by atoms with Gasteiger partial charge in [0.25, 0.3) is 0 Å². The lowest BCUT2D eigenvalue weighted by molar-refractivity contribution is 0.241. The van der Waals surface area contributed by atoms with Crippen molar-refractivity contribution in [1.82, 2.24) is 0 Å². The first kappa shape index (κ1) is 32.1. The van der Waals surface area contributed by atoms with Crippen molar-refractivity contribution in [3.8, 4) is 0 Å². The van der Waals surface area contributed by atoms with Gasteiger partial charge in [0, 0.05) is 7.26 Å². The van der Waals surface area contributed by atoms with Crippen molar-refractivity contribution in [2.24, 2.45) is 0 Å². The first-order valence-electron chi connectivity index (χ1n) is 13.8. The lowest BCUT2D eigenvalue weighted by Gasteiger charge is -2.40. The fourth-order valence-electron chi connectivity index (χ4n) is 4.04.